The predicted octanol–water partition coefficient (Wildman–Crippen LogP) is 3.50. The zero-order valence-electron chi connectivity index (χ0n) is 10.9. The van der Waals surface area contributed by atoms with Gasteiger partial charge in [0.2, 0.25) is 5.91 Å². The average molecular weight is 368 g/mol. The summed E-state index contributed by atoms with van der Waals surface area (Å²) in [5.74, 6) is -0.224. The summed E-state index contributed by atoms with van der Waals surface area (Å²) in [5.41, 5.74) is 3.72. The highest BCUT2D eigenvalue weighted by molar-refractivity contribution is 9.10. The van der Waals surface area contributed by atoms with Crippen molar-refractivity contribution < 1.29 is 9.90 Å². The Balaban J connectivity index is 1.98. The van der Waals surface area contributed by atoms with Gasteiger partial charge in [0.25, 0.3) is 0 Å². The number of rotatable bonds is 4. The monoisotopic (exact) mass is 366 g/mol. The number of nitrogens with one attached hydrogen (secondary N) is 1. The standard InChI is InChI=1S/C15H12BrClN2O2/c16-13-8-12(17)7-11(15(13)21)9-18-19-14(20)6-10-4-2-1-3-5-10/h1-5,7-9,21H,6H2,(H,19,20)/b18-9-. The van der Waals surface area contributed by atoms with Gasteiger partial charge in [-0.05, 0) is 33.6 Å². The summed E-state index contributed by atoms with van der Waals surface area (Å²) in [6.45, 7) is 0. The van der Waals surface area contributed by atoms with E-state index >= 15 is 0 Å². The molecule has 0 heterocycles. The molecule has 2 aromatic carbocycles. The van der Waals surface area contributed by atoms with Gasteiger partial charge >= 0.3 is 0 Å². The first-order chi connectivity index (χ1) is 10.1. The maximum atomic E-state index is 11.7. The Kier molecular flexibility index (Phi) is 5.36. The largest absolute Gasteiger partial charge is 0.506 e. The molecule has 0 unspecified atom stereocenters. The maximum Gasteiger partial charge on any atom is 0.244 e. The van der Waals surface area contributed by atoms with Crippen molar-refractivity contribution in [2.45, 2.75) is 6.42 Å². The molecule has 1 amide bonds. The second-order valence-corrected chi connectivity index (χ2v) is 5.57. The number of nitrogens with zero attached hydrogens (tertiary/aromatic N) is 1. The minimum Gasteiger partial charge on any atom is -0.506 e. The van der Waals surface area contributed by atoms with Gasteiger partial charge in [-0.25, -0.2) is 5.43 Å². The molecule has 0 aromatic heterocycles. The Labute approximate surface area is 135 Å². The highest BCUT2D eigenvalue weighted by Crippen LogP contribution is 2.30. The molecule has 21 heavy (non-hydrogen) atoms. The minimum absolute atomic E-state index is 0.0143. The van der Waals surface area contributed by atoms with Crippen LogP contribution >= 0.6 is 27.5 Å². The van der Waals surface area contributed by atoms with Gasteiger partial charge in [-0.1, -0.05) is 41.9 Å². The van der Waals surface area contributed by atoms with Crippen LogP contribution < -0.4 is 5.43 Å². The molecule has 4 nitrogen and oxygen atoms in total. The molecule has 0 aliphatic heterocycles. The van der Waals surface area contributed by atoms with Crippen molar-refractivity contribution in [3.8, 4) is 5.75 Å². The van der Waals surface area contributed by atoms with Gasteiger partial charge in [-0.2, -0.15) is 5.10 Å². The summed E-state index contributed by atoms with van der Waals surface area (Å²) in [4.78, 5) is 11.7. The predicted molar refractivity (Wildman–Crippen MR) is 86.7 cm³/mol. The average Bonchev–Trinajstić information content (AvgIpc) is 2.45. The number of aromatic hydroxyl groups is 1. The Morgan fingerprint density at radius 2 is 2.05 bits per heavy atom. The summed E-state index contributed by atoms with van der Waals surface area (Å²) < 4.78 is 0.465. The molecular weight excluding hydrogens is 356 g/mol. The van der Waals surface area contributed by atoms with Crippen LogP contribution in [0.1, 0.15) is 11.1 Å². The van der Waals surface area contributed by atoms with E-state index in [2.05, 4.69) is 26.5 Å². The summed E-state index contributed by atoms with van der Waals surface area (Å²) in [5, 5.41) is 14.1. The Bertz CT molecular complexity index is 675. The maximum absolute atomic E-state index is 11.7. The lowest BCUT2D eigenvalue weighted by atomic mass is 10.1. The molecule has 108 valence electrons. The molecule has 0 aliphatic carbocycles. The van der Waals surface area contributed by atoms with E-state index in [1.165, 1.54) is 6.21 Å². The third-order valence-electron chi connectivity index (χ3n) is 2.66. The number of amides is 1. The van der Waals surface area contributed by atoms with E-state index in [1.807, 2.05) is 30.3 Å². The topological polar surface area (TPSA) is 61.7 Å². The highest BCUT2D eigenvalue weighted by atomic mass is 79.9. The number of hydrogen-bond donors (Lipinski definition) is 2. The van der Waals surface area contributed by atoms with E-state index in [0.29, 0.717) is 15.1 Å². The van der Waals surface area contributed by atoms with Gasteiger partial charge in [-0.15, -0.1) is 0 Å². The molecule has 2 aromatic rings. The molecule has 0 fully saturated rings. The second-order valence-electron chi connectivity index (χ2n) is 4.28. The van der Waals surface area contributed by atoms with Crippen LogP contribution in [0.4, 0.5) is 0 Å². The van der Waals surface area contributed by atoms with E-state index < -0.39 is 0 Å². The molecule has 0 saturated carbocycles. The van der Waals surface area contributed by atoms with Crippen LogP contribution in [-0.2, 0) is 11.2 Å². The second kappa shape index (κ2) is 7.24. The quantitative estimate of drug-likeness (QED) is 0.642. The number of benzene rings is 2. The fourth-order valence-corrected chi connectivity index (χ4v) is 2.51. The number of hydrazone groups is 1. The number of phenolic OH excluding ortho intramolecular Hbond substituents is 1. The van der Waals surface area contributed by atoms with E-state index in [0.717, 1.165) is 5.56 Å². The highest BCUT2D eigenvalue weighted by Gasteiger charge is 2.06. The normalized spacial score (nSPS) is 10.8. The van der Waals surface area contributed by atoms with Crippen LogP contribution in [0.25, 0.3) is 0 Å². The molecule has 2 rings (SSSR count). The zero-order valence-corrected chi connectivity index (χ0v) is 13.2. The van der Waals surface area contributed by atoms with Crippen molar-refractivity contribution in [1.82, 2.24) is 5.43 Å². The fourth-order valence-electron chi connectivity index (χ4n) is 1.68. The smallest absolute Gasteiger partial charge is 0.244 e. The lowest BCUT2D eigenvalue weighted by molar-refractivity contribution is -0.120. The van der Waals surface area contributed by atoms with Crippen molar-refractivity contribution >= 4 is 39.7 Å². The van der Waals surface area contributed by atoms with Crippen LogP contribution in [0, 0.1) is 0 Å². The zero-order chi connectivity index (χ0) is 15.2. The van der Waals surface area contributed by atoms with Crippen molar-refractivity contribution in [1.29, 1.82) is 0 Å². The van der Waals surface area contributed by atoms with Gasteiger partial charge in [0, 0.05) is 10.6 Å². The molecule has 0 bridgehead atoms. The van der Waals surface area contributed by atoms with Gasteiger partial charge in [0.05, 0.1) is 17.1 Å². The summed E-state index contributed by atoms with van der Waals surface area (Å²) in [6.07, 6.45) is 1.58. The SMILES string of the molecule is O=C(Cc1ccccc1)N/N=C\c1cc(Cl)cc(Br)c1O. The summed E-state index contributed by atoms with van der Waals surface area (Å²) in [6, 6.07) is 12.5. The fraction of sp³-hybridized carbons (Fsp3) is 0.0667. The summed E-state index contributed by atoms with van der Waals surface area (Å²) in [7, 11) is 0. The van der Waals surface area contributed by atoms with Crippen LogP contribution in [-0.4, -0.2) is 17.2 Å². The van der Waals surface area contributed by atoms with E-state index in [1.54, 1.807) is 12.1 Å². The first kappa shape index (κ1) is 15.5. The third kappa shape index (κ3) is 4.58. The lowest BCUT2D eigenvalue weighted by Gasteiger charge is -2.03. The van der Waals surface area contributed by atoms with Crippen molar-refractivity contribution in [2.75, 3.05) is 0 Å². The van der Waals surface area contributed by atoms with Gasteiger partial charge in [-0.3, -0.25) is 4.79 Å². The molecule has 2 N–H and O–H groups in total. The first-order valence-corrected chi connectivity index (χ1v) is 7.27. The van der Waals surface area contributed by atoms with Crippen molar-refractivity contribution in [3.05, 3.63) is 63.1 Å². The Morgan fingerprint density at radius 1 is 1.33 bits per heavy atom. The molecule has 0 radical (unpaired) electrons. The van der Waals surface area contributed by atoms with Crippen LogP contribution in [0.5, 0.6) is 5.75 Å². The molecule has 0 spiro atoms. The van der Waals surface area contributed by atoms with Crippen molar-refractivity contribution in [3.63, 3.8) is 0 Å². The van der Waals surface area contributed by atoms with E-state index in [4.69, 9.17) is 11.6 Å². The van der Waals surface area contributed by atoms with Gasteiger partial charge in [0.15, 0.2) is 0 Å². The number of carbonyl (C=O) groups is 1. The van der Waals surface area contributed by atoms with Crippen LogP contribution in [0.2, 0.25) is 5.02 Å². The van der Waals surface area contributed by atoms with Crippen molar-refractivity contribution in [2.24, 2.45) is 5.10 Å². The van der Waals surface area contributed by atoms with Crippen LogP contribution in [0.15, 0.2) is 52.0 Å². The Morgan fingerprint density at radius 3 is 2.76 bits per heavy atom. The van der Waals surface area contributed by atoms with E-state index in [9.17, 15) is 9.90 Å². The van der Waals surface area contributed by atoms with Crippen LogP contribution in [0.3, 0.4) is 0 Å². The van der Waals surface area contributed by atoms with E-state index in [-0.39, 0.29) is 18.1 Å². The molecular formula is C15H12BrClN2O2. The lowest BCUT2D eigenvalue weighted by Crippen LogP contribution is -2.19. The summed E-state index contributed by atoms with van der Waals surface area (Å²) >= 11 is 9.06. The number of hydrogen-bond acceptors (Lipinski definition) is 3. The van der Waals surface area contributed by atoms with Gasteiger partial charge < -0.3 is 5.11 Å². The minimum atomic E-state index is -0.238. The molecule has 0 aliphatic rings. The third-order valence-corrected chi connectivity index (χ3v) is 3.48. The number of phenols is 1. The first-order valence-electron chi connectivity index (χ1n) is 6.10. The number of halogens is 2. The molecule has 6 heteroatoms. The number of carbonyl (C=O) groups excluding carboxylic acids is 1. The Hall–Kier alpha value is -1.85. The molecule has 0 atom stereocenters. The molecule has 0 saturated heterocycles. The van der Waals surface area contributed by atoms with Gasteiger partial charge in [0.1, 0.15) is 5.75 Å².